The number of aromatic nitrogens is 5. The van der Waals surface area contributed by atoms with Gasteiger partial charge in [-0.2, -0.15) is 5.10 Å². The molecule has 33 heavy (non-hydrogen) atoms. The van der Waals surface area contributed by atoms with E-state index in [1.54, 1.807) is 23.9 Å². The van der Waals surface area contributed by atoms with Crippen molar-refractivity contribution in [3.05, 3.63) is 58.0 Å². The summed E-state index contributed by atoms with van der Waals surface area (Å²) in [5, 5.41) is 4.33. The first-order valence-electron chi connectivity index (χ1n) is 11.3. The van der Waals surface area contributed by atoms with Crippen LogP contribution in [-0.2, 0) is 31.4 Å². The second-order valence-electron chi connectivity index (χ2n) is 8.71. The highest BCUT2D eigenvalue weighted by atomic mass is 16.2. The van der Waals surface area contributed by atoms with Crippen molar-refractivity contribution >= 4 is 11.7 Å². The Kier molecular flexibility index (Phi) is 5.67. The lowest BCUT2D eigenvalue weighted by Gasteiger charge is -2.36. The molecule has 0 atom stereocenters. The van der Waals surface area contributed by atoms with Gasteiger partial charge in [-0.05, 0) is 5.56 Å². The number of carbonyl (C=O) groups is 1. The van der Waals surface area contributed by atoms with Crippen LogP contribution < -0.4 is 10.5 Å². The SMILES string of the molecule is CC(=O)N1CCc2nc(N3CCN(Cc4ccc(=O)[nH]c4)CC3)c(-c3cnn(C)c3)nc2C1. The normalized spacial score (nSPS) is 16.7. The Morgan fingerprint density at radius 2 is 1.91 bits per heavy atom. The number of fused-ring (bicyclic) bond motifs is 1. The minimum absolute atomic E-state index is 0.0630. The van der Waals surface area contributed by atoms with Gasteiger partial charge in [-0.1, -0.05) is 6.07 Å². The van der Waals surface area contributed by atoms with Gasteiger partial charge in [0.2, 0.25) is 11.5 Å². The van der Waals surface area contributed by atoms with Gasteiger partial charge in [0.1, 0.15) is 5.69 Å². The predicted molar refractivity (Wildman–Crippen MR) is 124 cm³/mol. The summed E-state index contributed by atoms with van der Waals surface area (Å²) in [4.78, 5) is 42.5. The minimum Gasteiger partial charge on any atom is -0.352 e. The average Bonchev–Trinajstić information content (AvgIpc) is 3.26. The first-order valence-corrected chi connectivity index (χ1v) is 11.3. The molecule has 3 aromatic rings. The Bertz CT molecular complexity index is 1200. The zero-order valence-electron chi connectivity index (χ0n) is 19.0. The number of rotatable bonds is 4. The molecule has 1 saturated heterocycles. The lowest BCUT2D eigenvalue weighted by atomic mass is 10.1. The Morgan fingerprint density at radius 1 is 1.09 bits per heavy atom. The summed E-state index contributed by atoms with van der Waals surface area (Å²) in [5.41, 5.74) is 4.62. The van der Waals surface area contributed by atoms with Gasteiger partial charge in [0.25, 0.3) is 0 Å². The van der Waals surface area contributed by atoms with E-state index in [0.717, 1.165) is 66.8 Å². The fourth-order valence-electron chi connectivity index (χ4n) is 4.47. The largest absolute Gasteiger partial charge is 0.352 e. The summed E-state index contributed by atoms with van der Waals surface area (Å²) in [6.07, 6.45) is 6.28. The van der Waals surface area contributed by atoms with Crippen molar-refractivity contribution < 1.29 is 4.79 Å². The van der Waals surface area contributed by atoms with Crippen molar-refractivity contribution in [2.75, 3.05) is 37.6 Å². The molecule has 0 radical (unpaired) electrons. The number of aromatic amines is 1. The van der Waals surface area contributed by atoms with Crippen molar-refractivity contribution in [1.29, 1.82) is 0 Å². The van der Waals surface area contributed by atoms with Gasteiger partial charge in [0.05, 0.1) is 24.1 Å². The lowest BCUT2D eigenvalue weighted by Crippen LogP contribution is -2.46. The third kappa shape index (κ3) is 4.51. The first-order chi connectivity index (χ1) is 16.0. The summed E-state index contributed by atoms with van der Waals surface area (Å²) in [6.45, 7) is 7.03. The van der Waals surface area contributed by atoms with Crippen molar-refractivity contribution in [3.8, 4) is 11.3 Å². The monoisotopic (exact) mass is 448 g/mol. The van der Waals surface area contributed by atoms with Crippen molar-refractivity contribution in [2.45, 2.75) is 26.4 Å². The van der Waals surface area contributed by atoms with Crippen molar-refractivity contribution in [3.63, 3.8) is 0 Å². The highest BCUT2D eigenvalue weighted by Crippen LogP contribution is 2.31. The molecule has 5 heterocycles. The summed E-state index contributed by atoms with van der Waals surface area (Å²) in [6, 6.07) is 3.45. The van der Waals surface area contributed by atoms with Gasteiger partial charge in [-0.3, -0.25) is 19.2 Å². The highest BCUT2D eigenvalue weighted by molar-refractivity contribution is 5.74. The number of aryl methyl sites for hydroxylation is 1. The van der Waals surface area contributed by atoms with Crippen LogP contribution in [0.5, 0.6) is 0 Å². The van der Waals surface area contributed by atoms with E-state index in [2.05, 4.69) is 19.9 Å². The maximum absolute atomic E-state index is 11.9. The van der Waals surface area contributed by atoms with Crippen LogP contribution >= 0.6 is 0 Å². The molecule has 2 aliphatic rings. The minimum atomic E-state index is -0.0797. The summed E-state index contributed by atoms with van der Waals surface area (Å²) in [5.74, 6) is 0.954. The molecule has 0 unspecified atom stereocenters. The third-order valence-corrected chi connectivity index (χ3v) is 6.34. The Labute approximate surface area is 191 Å². The second-order valence-corrected chi connectivity index (χ2v) is 8.71. The van der Waals surface area contributed by atoms with Crippen LogP contribution in [0.15, 0.2) is 35.5 Å². The average molecular weight is 449 g/mol. The van der Waals surface area contributed by atoms with Crippen LogP contribution in [0.25, 0.3) is 11.3 Å². The molecule has 0 saturated carbocycles. The fourth-order valence-corrected chi connectivity index (χ4v) is 4.47. The van der Waals surface area contributed by atoms with Gasteiger partial charge in [0, 0.05) is 83.7 Å². The van der Waals surface area contributed by atoms with E-state index in [1.807, 2.05) is 30.4 Å². The Morgan fingerprint density at radius 3 is 2.58 bits per heavy atom. The Balaban J connectivity index is 1.39. The van der Waals surface area contributed by atoms with Crippen LogP contribution in [-0.4, -0.2) is 73.2 Å². The standard InChI is InChI=1S/C23H28N8O2/c1-16(32)31-6-5-19-20(15-31)26-22(18-12-25-28(2)14-18)23(27-19)30-9-7-29(8-10-30)13-17-3-4-21(33)24-11-17/h3-4,11-12,14H,5-10,13,15H2,1-2H3,(H,24,33). The zero-order chi connectivity index (χ0) is 22.9. The van der Waals surface area contributed by atoms with E-state index in [-0.39, 0.29) is 11.5 Å². The van der Waals surface area contributed by atoms with Gasteiger partial charge in [0.15, 0.2) is 5.82 Å². The zero-order valence-corrected chi connectivity index (χ0v) is 19.0. The molecule has 10 heteroatoms. The molecule has 10 nitrogen and oxygen atoms in total. The van der Waals surface area contributed by atoms with E-state index in [4.69, 9.17) is 9.97 Å². The van der Waals surface area contributed by atoms with E-state index in [1.165, 1.54) is 0 Å². The smallest absolute Gasteiger partial charge is 0.247 e. The van der Waals surface area contributed by atoms with E-state index < -0.39 is 0 Å². The number of anilines is 1. The lowest BCUT2D eigenvalue weighted by molar-refractivity contribution is -0.129. The number of nitrogens with zero attached hydrogens (tertiary/aromatic N) is 7. The predicted octanol–water partition coefficient (Wildman–Crippen LogP) is 0.792. The molecular weight excluding hydrogens is 420 g/mol. The van der Waals surface area contributed by atoms with Gasteiger partial charge in [-0.25, -0.2) is 9.97 Å². The van der Waals surface area contributed by atoms with Gasteiger partial charge in [-0.15, -0.1) is 0 Å². The molecule has 0 aliphatic carbocycles. The summed E-state index contributed by atoms with van der Waals surface area (Å²) in [7, 11) is 1.89. The third-order valence-electron chi connectivity index (χ3n) is 6.34. The quantitative estimate of drug-likeness (QED) is 0.629. The number of carbonyl (C=O) groups excluding carboxylic acids is 1. The van der Waals surface area contributed by atoms with Crippen LogP contribution in [0, 0.1) is 0 Å². The molecule has 1 amide bonds. The summed E-state index contributed by atoms with van der Waals surface area (Å²) >= 11 is 0. The van der Waals surface area contributed by atoms with Crippen LogP contribution in [0.3, 0.4) is 0 Å². The van der Waals surface area contributed by atoms with Gasteiger partial charge < -0.3 is 14.8 Å². The topological polar surface area (TPSA) is 103 Å². The number of pyridine rings is 1. The number of hydrogen-bond acceptors (Lipinski definition) is 7. The number of hydrogen-bond donors (Lipinski definition) is 1. The second kappa shape index (κ2) is 8.78. The molecule has 0 spiro atoms. The van der Waals surface area contributed by atoms with E-state index in [0.29, 0.717) is 19.5 Å². The van der Waals surface area contributed by atoms with E-state index in [9.17, 15) is 9.59 Å². The van der Waals surface area contributed by atoms with Crippen LogP contribution in [0.1, 0.15) is 23.9 Å². The molecular formula is C23H28N8O2. The van der Waals surface area contributed by atoms with E-state index >= 15 is 0 Å². The van der Waals surface area contributed by atoms with Crippen molar-refractivity contribution in [2.24, 2.45) is 7.05 Å². The Hall–Kier alpha value is -3.53. The molecule has 0 bridgehead atoms. The molecule has 172 valence electrons. The summed E-state index contributed by atoms with van der Waals surface area (Å²) < 4.78 is 1.77. The maximum atomic E-state index is 11.9. The maximum Gasteiger partial charge on any atom is 0.247 e. The molecule has 5 rings (SSSR count). The van der Waals surface area contributed by atoms with Crippen LogP contribution in [0.2, 0.25) is 0 Å². The molecule has 0 aromatic carbocycles. The van der Waals surface area contributed by atoms with Crippen molar-refractivity contribution in [1.82, 2.24) is 34.5 Å². The highest BCUT2D eigenvalue weighted by Gasteiger charge is 2.27. The number of amides is 1. The molecule has 3 aromatic heterocycles. The molecule has 2 aliphatic heterocycles. The van der Waals surface area contributed by atoms with Gasteiger partial charge >= 0.3 is 0 Å². The number of H-pyrrole nitrogens is 1. The fraction of sp³-hybridized carbons (Fsp3) is 0.435. The number of piperazine rings is 1. The molecule has 1 fully saturated rings. The first kappa shape index (κ1) is 21.3. The van der Waals surface area contributed by atoms with Crippen LogP contribution in [0.4, 0.5) is 5.82 Å². The number of nitrogens with one attached hydrogen (secondary N) is 1. The molecule has 1 N–H and O–H groups in total.